The minimum Gasteiger partial charge on any atom is -0.330 e. The maximum absolute atomic E-state index is 12.7. The lowest BCUT2D eigenvalue weighted by Gasteiger charge is -2.08. The molecule has 0 aliphatic carbocycles. The van der Waals surface area contributed by atoms with E-state index in [2.05, 4.69) is 15.3 Å². The molecule has 0 unspecified atom stereocenters. The van der Waals surface area contributed by atoms with E-state index in [0.717, 1.165) is 21.1 Å². The van der Waals surface area contributed by atoms with Crippen molar-refractivity contribution >= 4 is 52.7 Å². The van der Waals surface area contributed by atoms with E-state index in [0.29, 0.717) is 10.8 Å². The maximum Gasteiger partial charge on any atom is 0.417 e. The average molecular weight is 466 g/mol. The Kier molecular flexibility index (Phi) is 4.96. The van der Waals surface area contributed by atoms with Crippen LogP contribution in [-0.2, 0) is 6.18 Å². The zero-order valence-electron chi connectivity index (χ0n) is 11.8. The summed E-state index contributed by atoms with van der Waals surface area (Å²) in [6.07, 6.45) is 2.75. The first-order valence-electron chi connectivity index (χ1n) is 6.50. The standard InChI is InChI=1S/C14H10F3IN4OS/c15-14(16,17)10-4-11(7-19-6-10)20-13-21-12(8-24-13)9-2-1-3-22(23)18-5-9/h1-8,23H,(H,20,21). The summed E-state index contributed by atoms with van der Waals surface area (Å²) >= 11 is 0.598. The molecule has 10 heteroatoms. The third-order valence-electron chi connectivity index (χ3n) is 2.87. The summed E-state index contributed by atoms with van der Waals surface area (Å²) in [4.78, 5) is 7.97. The predicted molar refractivity (Wildman–Crippen MR) is 95.5 cm³/mol. The van der Waals surface area contributed by atoms with Crippen LogP contribution in [0.15, 0.2) is 42.2 Å². The third kappa shape index (κ3) is 4.19. The second-order valence-corrected chi connectivity index (χ2v) is 7.61. The average Bonchev–Trinajstić information content (AvgIpc) is 2.87. The Morgan fingerprint density at radius 3 is 2.92 bits per heavy atom. The van der Waals surface area contributed by atoms with Gasteiger partial charge in [-0.05, 0) is 16.2 Å². The van der Waals surface area contributed by atoms with Gasteiger partial charge in [-0.1, -0.05) is 6.08 Å². The molecule has 1 aliphatic heterocycles. The molecule has 0 amide bonds. The lowest BCUT2D eigenvalue weighted by atomic mass is 10.2. The molecule has 126 valence electrons. The first kappa shape index (κ1) is 17.0. The lowest BCUT2D eigenvalue weighted by molar-refractivity contribution is -0.137. The van der Waals surface area contributed by atoms with E-state index in [1.807, 2.05) is 10.1 Å². The quantitative estimate of drug-likeness (QED) is 0.512. The first-order valence-corrected chi connectivity index (χ1v) is 9.59. The molecule has 0 bridgehead atoms. The molecule has 0 radical (unpaired) electrons. The van der Waals surface area contributed by atoms with Crippen LogP contribution in [0.3, 0.4) is 0 Å². The largest absolute Gasteiger partial charge is 0.417 e. The fraction of sp³-hybridized carbons (Fsp3) is 0.0714. The maximum atomic E-state index is 12.7. The number of anilines is 2. The van der Waals surface area contributed by atoms with Crippen LogP contribution in [0, 0.1) is 0 Å². The van der Waals surface area contributed by atoms with Crippen molar-refractivity contribution < 1.29 is 18.4 Å². The van der Waals surface area contributed by atoms with Crippen molar-refractivity contribution in [1.82, 2.24) is 13.2 Å². The van der Waals surface area contributed by atoms with Crippen LogP contribution in [0.4, 0.5) is 24.0 Å². The summed E-state index contributed by atoms with van der Waals surface area (Å²) in [5, 5.41) is 14.6. The molecular formula is C14H10F3IN4OS. The Hall–Kier alpha value is -1.79. The number of rotatable bonds is 3. The number of alkyl halides is 3. The number of pyridine rings is 1. The molecule has 0 fully saturated rings. The monoisotopic (exact) mass is 466 g/mol. The highest BCUT2D eigenvalue weighted by atomic mass is 127. The number of nitrogens with one attached hydrogen (secondary N) is 1. The van der Waals surface area contributed by atoms with Gasteiger partial charge in [-0.15, -0.1) is 11.3 Å². The normalized spacial score (nSPS) is 14.8. The van der Waals surface area contributed by atoms with E-state index in [4.69, 9.17) is 0 Å². The number of hydrogen-bond donors (Lipinski definition) is 2. The van der Waals surface area contributed by atoms with Gasteiger partial charge in [0.1, 0.15) is 0 Å². The minimum atomic E-state index is -4.44. The molecule has 24 heavy (non-hydrogen) atoms. The topological polar surface area (TPSA) is 61.3 Å². The van der Waals surface area contributed by atoms with Crippen LogP contribution >= 0.6 is 32.3 Å². The van der Waals surface area contributed by atoms with Crippen LogP contribution in [-0.4, -0.2) is 22.5 Å². The van der Waals surface area contributed by atoms with Crippen molar-refractivity contribution in [3.63, 3.8) is 0 Å². The van der Waals surface area contributed by atoms with Crippen molar-refractivity contribution in [3.8, 4) is 0 Å². The smallest absolute Gasteiger partial charge is 0.330 e. The second-order valence-electron chi connectivity index (χ2n) is 4.58. The van der Waals surface area contributed by atoms with E-state index >= 15 is 0 Å². The second kappa shape index (κ2) is 6.99. The molecule has 0 atom stereocenters. The number of hydrogen-bond acceptors (Lipinski definition) is 6. The zero-order valence-corrected chi connectivity index (χ0v) is 14.8. The zero-order chi connectivity index (χ0) is 17.2. The summed E-state index contributed by atoms with van der Waals surface area (Å²) in [5.74, 6) is 0. The van der Waals surface area contributed by atoms with Crippen LogP contribution < -0.4 is 5.32 Å². The Bertz CT molecular complexity index is 831. The number of aromatic nitrogens is 2. The van der Waals surface area contributed by atoms with E-state index in [1.165, 1.54) is 17.5 Å². The van der Waals surface area contributed by atoms with Gasteiger partial charge in [0.2, 0.25) is 0 Å². The third-order valence-corrected chi connectivity index (χ3v) is 5.47. The van der Waals surface area contributed by atoms with Gasteiger partial charge in [0.15, 0.2) is 5.13 Å². The van der Waals surface area contributed by atoms with Crippen LogP contribution in [0.1, 0.15) is 11.3 Å². The highest BCUT2D eigenvalue weighted by Crippen LogP contribution is 2.31. The first-order chi connectivity index (χ1) is 11.4. The van der Waals surface area contributed by atoms with Crippen molar-refractivity contribution in [3.05, 3.63) is 53.4 Å². The fourth-order valence-corrected chi connectivity index (χ4v) is 4.00. The highest BCUT2D eigenvalue weighted by Gasteiger charge is 2.31. The highest BCUT2D eigenvalue weighted by molar-refractivity contribution is 14.2. The molecule has 0 saturated carbocycles. The van der Waals surface area contributed by atoms with Crippen molar-refractivity contribution in [1.29, 1.82) is 0 Å². The molecule has 3 heterocycles. The van der Waals surface area contributed by atoms with Gasteiger partial charge in [-0.2, -0.15) is 13.2 Å². The van der Waals surface area contributed by atoms with Crippen molar-refractivity contribution in [2.75, 3.05) is 5.32 Å². The minimum absolute atomic E-state index is 0.221. The predicted octanol–water partition coefficient (Wildman–Crippen LogP) is 4.59. The van der Waals surface area contributed by atoms with Crippen LogP contribution in [0.25, 0.3) is 5.57 Å². The number of halogens is 4. The molecule has 3 rings (SSSR count). The molecule has 0 saturated heterocycles. The Morgan fingerprint density at radius 1 is 1.29 bits per heavy atom. The van der Waals surface area contributed by atoms with E-state index in [-0.39, 0.29) is 5.69 Å². The van der Waals surface area contributed by atoms with Gasteiger partial charge in [0, 0.05) is 44.4 Å². The summed E-state index contributed by atoms with van der Waals surface area (Å²) in [5.41, 5.74) is 0.963. The van der Waals surface area contributed by atoms with E-state index < -0.39 is 32.7 Å². The molecular weight excluding hydrogens is 456 g/mol. The number of thiazole rings is 1. The van der Waals surface area contributed by atoms with Crippen molar-refractivity contribution in [2.45, 2.75) is 6.18 Å². The molecule has 5 nitrogen and oxygen atoms in total. The lowest BCUT2D eigenvalue weighted by Crippen LogP contribution is -2.06. The van der Waals surface area contributed by atoms with Gasteiger partial charge in [0.25, 0.3) is 0 Å². The Labute approximate surface area is 149 Å². The molecule has 0 aromatic carbocycles. The molecule has 2 N–H and O–H groups in total. The SMILES string of the molecule is ON1C=CC=C(c2csc(Nc3cncc(C(F)(F)F)c3)n2)C=I1. The van der Waals surface area contributed by atoms with Crippen LogP contribution in [0.5, 0.6) is 0 Å². The van der Waals surface area contributed by atoms with Gasteiger partial charge >= 0.3 is 6.18 Å². The van der Waals surface area contributed by atoms with Gasteiger partial charge in [0.05, 0.1) is 23.1 Å². The summed E-state index contributed by atoms with van der Waals surface area (Å²) in [6, 6.07) is 0.989. The Balaban J connectivity index is 1.79. The van der Waals surface area contributed by atoms with Crippen LogP contribution in [0.2, 0.25) is 0 Å². The summed E-state index contributed by atoms with van der Waals surface area (Å²) in [7, 11) is 0. The molecule has 1 aliphatic rings. The fourth-order valence-electron chi connectivity index (χ4n) is 1.78. The molecule has 2 aromatic heterocycles. The Morgan fingerprint density at radius 2 is 2.12 bits per heavy atom. The van der Waals surface area contributed by atoms with Gasteiger partial charge < -0.3 is 5.32 Å². The molecule has 0 spiro atoms. The number of hydroxylamine groups is 1. The molecule has 2 aromatic rings. The van der Waals surface area contributed by atoms with Gasteiger partial charge in [-0.3, -0.25) is 10.2 Å². The summed E-state index contributed by atoms with van der Waals surface area (Å²) in [6.45, 7) is 0. The number of allylic oxidation sites excluding steroid dienone is 3. The summed E-state index contributed by atoms with van der Waals surface area (Å²) < 4.78 is 41.2. The van der Waals surface area contributed by atoms with Gasteiger partial charge in [-0.25, -0.2) is 8.26 Å². The van der Waals surface area contributed by atoms with E-state index in [9.17, 15) is 18.4 Å². The van der Waals surface area contributed by atoms with Crippen molar-refractivity contribution in [2.24, 2.45) is 0 Å². The number of nitrogens with zero attached hydrogens (tertiary/aromatic N) is 3. The van der Waals surface area contributed by atoms with E-state index in [1.54, 1.807) is 17.7 Å².